The molecule has 12 heteroatoms. The number of nitrogens with one attached hydrogen (secondary N) is 1. The van der Waals surface area contributed by atoms with Crippen molar-refractivity contribution in [2.24, 2.45) is 7.05 Å². The number of halogens is 3. The number of rotatable bonds is 5. The number of ether oxygens (including phenoxy) is 1. The largest absolute Gasteiger partial charge is 0.480 e. The minimum atomic E-state index is -4.54. The Morgan fingerprint density at radius 3 is 2.36 bits per heavy atom. The summed E-state index contributed by atoms with van der Waals surface area (Å²) in [5.41, 5.74) is 2.60. The second-order valence-electron chi connectivity index (χ2n) is 10.1. The summed E-state index contributed by atoms with van der Waals surface area (Å²) in [5, 5.41) is 11.3. The number of aliphatic hydroxyl groups is 1. The quantitative estimate of drug-likeness (QED) is 0.316. The topological polar surface area (TPSA) is 115 Å². The van der Waals surface area contributed by atoms with Crippen molar-refractivity contribution in [3.05, 3.63) is 71.7 Å². The molecule has 2 N–H and O–H groups in total. The smallest absolute Gasteiger partial charge is 0.434 e. The van der Waals surface area contributed by atoms with Crippen molar-refractivity contribution in [1.29, 1.82) is 0 Å². The van der Waals surface area contributed by atoms with Gasteiger partial charge in [-0.3, -0.25) is 0 Å². The number of aromatic amines is 1. The van der Waals surface area contributed by atoms with Gasteiger partial charge in [0.05, 0.1) is 30.0 Å². The van der Waals surface area contributed by atoms with Gasteiger partial charge in [0, 0.05) is 36.0 Å². The highest BCUT2D eigenvalue weighted by Crippen LogP contribution is 2.37. The van der Waals surface area contributed by atoms with Crippen molar-refractivity contribution in [3.8, 4) is 28.7 Å². The fraction of sp³-hybridized carbons (Fsp3) is 0.296. The summed E-state index contributed by atoms with van der Waals surface area (Å²) >= 11 is 0. The van der Waals surface area contributed by atoms with Crippen molar-refractivity contribution in [2.45, 2.75) is 38.5 Å². The molecular formula is C27H26F3N7O2. The van der Waals surface area contributed by atoms with Crippen LogP contribution in [-0.2, 0) is 18.6 Å². The highest BCUT2D eigenvalue weighted by Gasteiger charge is 2.34. The van der Waals surface area contributed by atoms with Gasteiger partial charge in [-0.15, -0.1) is 0 Å². The molecule has 0 aliphatic carbocycles. The van der Waals surface area contributed by atoms with Gasteiger partial charge in [-0.2, -0.15) is 13.2 Å². The normalized spacial score (nSPS) is 13.2. The molecule has 1 aromatic carbocycles. The Bertz CT molecular complexity index is 1650. The first-order valence-corrected chi connectivity index (χ1v) is 12.0. The van der Waals surface area contributed by atoms with Gasteiger partial charge in [-0.05, 0) is 5.56 Å². The molecule has 0 aliphatic heterocycles. The maximum absolute atomic E-state index is 13.1. The summed E-state index contributed by atoms with van der Waals surface area (Å²) in [5.74, 6) is 0.857. The van der Waals surface area contributed by atoms with E-state index in [0.717, 1.165) is 6.20 Å². The van der Waals surface area contributed by atoms with Gasteiger partial charge in [0.1, 0.15) is 23.8 Å². The van der Waals surface area contributed by atoms with Crippen LogP contribution in [0.4, 0.5) is 13.2 Å². The van der Waals surface area contributed by atoms with Gasteiger partial charge in [-0.1, -0.05) is 45.0 Å². The molecule has 1 atom stereocenters. The Hall–Kier alpha value is -4.32. The third kappa shape index (κ3) is 4.83. The van der Waals surface area contributed by atoms with Gasteiger partial charge >= 0.3 is 6.18 Å². The third-order valence-electron chi connectivity index (χ3n) is 6.33. The van der Waals surface area contributed by atoms with E-state index >= 15 is 0 Å². The lowest BCUT2D eigenvalue weighted by Gasteiger charge is -2.21. The van der Waals surface area contributed by atoms with Crippen molar-refractivity contribution in [2.75, 3.05) is 7.11 Å². The van der Waals surface area contributed by atoms with Crippen LogP contribution >= 0.6 is 0 Å². The SMILES string of the molecule is COc1ncnc(C(C)(C)C)c1-c1ncc2[nH]cc(C(O)c3ccc(-c4nc(C(F)(F)F)cn4C)cc3)c2n1. The third-order valence-corrected chi connectivity index (χ3v) is 6.33. The molecule has 4 aromatic heterocycles. The number of nitrogens with zero attached hydrogens (tertiary/aromatic N) is 6. The molecule has 9 nitrogen and oxygen atoms in total. The van der Waals surface area contributed by atoms with Gasteiger partial charge < -0.3 is 19.4 Å². The molecule has 0 spiro atoms. The molecule has 0 bridgehead atoms. The number of H-pyrrole nitrogens is 1. The van der Waals surface area contributed by atoms with E-state index in [1.165, 1.54) is 25.1 Å². The first kappa shape index (κ1) is 26.3. The fourth-order valence-corrected chi connectivity index (χ4v) is 4.42. The molecule has 0 fully saturated rings. The lowest BCUT2D eigenvalue weighted by Crippen LogP contribution is -2.17. The van der Waals surface area contributed by atoms with E-state index in [1.54, 1.807) is 36.7 Å². The molecule has 0 saturated heterocycles. The van der Waals surface area contributed by atoms with E-state index in [2.05, 4.69) is 24.9 Å². The van der Waals surface area contributed by atoms with Gasteiger partial charge in [0.15, 0.2) is 11.5 Å². The van der Waals surface area contributed by atoms with Crippen LogP contribution < -0.4 is 4.74 Å². The van der Waals surface area contributed by atoms with E-state index in [9.17, 15) is 18.3 Å². The van der Waals surface area contributed by atoms with E-state index in [-0.39, 0.29) is 11.2 Å². The summed E-state index contributed by atoms with van der Waals surface area (Å²) in [4.78, 5) is 24.8. The van der Waals surface area contributed by atoms with Crippen molar-refractivity contribution in [3.63, 3.8) is 0 Å². The zero-order chi connectivity index (χ0) is 28.1. The number of fused-ring (bicyclic) bond motifs is 1. The number of hydrogen-bond acceptors (Lipinski definition) is 7. The van der Waals surface area contributed by atoms with Crippen molar-refractivity contribution < 1.29 is 23.0 Å². The van der Waals surface area contributed by atoms with Crippen LogP contribution in [0.3, 0.4) is 0 Å². The van der Waals surface area contributed by atoms with Gasteiger partial charge in [0.25, 0.3) is 0 Å². The molecular weight excluding hydrogens is 511 g/mol. The summed E-state index contributed by atoms with van der Waals surface area (Å²) in [6.45, 7) is 6.04. The number of aromatic nitrogens is 7. The Kier molecular flexibility index (Phi) is 6.37. The molecule has 0 radical (unpaired) electrons. The molecule has 5 rings (SSSR count). The van der Waals surface area contributed by atoms with Crippen LogP contribution in [0.2, 0.25) is 0 Å². The van der Waals surface area contributed by atoms with Crippen LogP contribution in [0.25, 0.3) is 33.8 Å². The Morgan fingerprint density at radius 1 is 1.03 bits per heavy atom. The lowest BCUT2D eigenvalue weighted by molar-refractivity contribution is -0.140. The average molecular weight is 538 g/mol. The maximum atomic E-state index is 13.1. The molecule has 202 valence electrons. The van der Waals surface area contributed by atoms with Crippen LogP contribution in [-0.4, -0.2) is 46.7 Å². The summed E-state index contributed by atoms with van der Waals surface area (Å²) in [7, 11) is 3.02. The minimum Gasteiger partial charge on any atom is -0.480 e. The molecule has 39 heavy (non-hydrogen) atoms. The average Bonchev–Trinajstić information content (AvgIpc) is 3.50. The van der Waals surface area contributed by atoms with E-state index in [4.69, 9.17) is 9.72 Å². The van der Waals surface area contributed by atoms with E-state index in [0.29, 0.717) is 50.7 Å². The predicted molar refractivity (Wildman–Crippen MR) is 138 cm³/mol. The zero-order valence-corrected chi connectivity index (χ0v) is 21.9. The molecule has 5 aromatic rings. The van der Waals surface area contributed by atoms with Gasteiger partial charge in [-0.25, -0.2) is 24.9 Å². The molecule has 0 amide bonds. The van der Waals surface area contributed by atoms with E-state index < -0.39 is 18.0 Å². The van der Waals surface area contributed by atoms with Gasteiger partial charge in [0.2, 0.25) is 5.88 Å². The Labute approximate surface area is 221 Å². The molecule has 0 saturated carbocycles. The number of benzene rings is 1. The van der Waals surface area contributed by atoms with Crippen LogP contribution in [0.15, 0.2) is 49.2 Å². The number of methoxy groups -OCH3 is 1. The lowest BCUT2D eigenvalue weighted by atomic mass is 9.88. The second-order valence-corrected chi connectivity index (χ2v) is 10.1. The molecule has 0 aliphatic rings. The first-order chi connectivity index (χ1) is 18.4. The number of imidazole rings is 1. The summed E-state index contributed by atoms with van der Waals surface area (Å²) in [6.07, 6.45) is 0.0454. The predicted octanol–water partition coefficient (Wildman–Crippen LogP) is 5.22. The Balaban J connectivity index is 1.52. The Morgan fingerprint density at radius 2 is 1.74 bits per heavy atom. The standard InChI is InChI=1S/C27H26F3N7O2/c1-26(2,3)22-19(25(39-5)34-13-33-22)23-32-11-17-20(36-23)16(10-31-17)21(38)14-6-8-15(9-7-14)24-35-18(12-37(24)4)27(28,29)30/h6-13,21,31,38H,1-5H3. The fourth-order valence-electron chi connectivity index (χ4n) is 4.42. The van der Waals surface area contributed by atoms with Crippen molar-refractivity contribution >= 4 is 11.0 Å². The monoisotopic (exact) mass is 537 g/mol. The maximum Gasteiger partial charge on any atom is 0.434 e. The highest BCUT2D eigenvalue weighted by atomic mass is 19.4. The first-order valence-electron chi connectivity index (χ1n) is 12.0. The summed E-state index contributed by atoms with van der Waals surface area (Å²) in [6, 6.07) is 6.54. The summed E-state index contributed by atoms with van der Waals surface area (Å²) < 4.78 is 46.0. The second kappa shape index (κ2) is 9.45. The van der Waals surface area contributed by atoms with E-state index in [1.807, 2.05) is 20.8 Å². The number of alkyl halides is 3. The minimum absolute atomic E-state index is 0.168. The molecule has 4 heterocycles. The van der Waals surface area contributed by atoms with Crippen LogP contribution in [0, 0.1) is 0 Å². The van der Waals surface area contributed by atoms with Crippen molar-refractivity contribution in [1.82, 2.24) is 34.5 Å². The van der Waals surface area contributed by atoms with Crippen LogP contribution in [0.5, 0.6) is 5.88 Å². The number of hydrogen-bond donors (Lipinski definition) is 2. The highest BCUT2D eigenvalue weighted by molar-refractivity contribution is 5.82. The zero-order valence-electron chi connectivity index (χ0n) is 21.9. The number of aliphatic hydroxyl groups excluding tert-OH is 1. The number of aryl methyl sites for hydroxylation is 1. The van der Waals surface area contributed by atoms with Crippen LogP contribution in [0.1, 0.15) is 49.4 Å². The molecule has 1 unspecified atom stereocenters.